The molecule has 0 aliphatic heterocycles. The minimum Gasteiger partial charge on any atom is -0.330 e. The SMILES string of the molecule is CCCC.NCCCNSc1ccccn1. The van der Waals surface area contributed by atoms with Crippen LogP contribution in [0, 0.1) is 0 Å². The largest absolute Gasteiger partial charge is 0.330 e. The van der Waals surface area contributed by atoms with Crippen LogP contribution in [-0.2, 0) is 0 Å². The Morgan fingerprint density at radius 3 is 2.56 bits per heavy atom. The molecule has 92 valence electrons. The molecule has 1 aromatic heterocycles. The predicted molar refractivity (Wildman–Crippen MR) is 72.4 cm³/mol. The molecule has 1 heterocycles. The molecule has 1 rings (SSSR count). The van der Waals surface area contributed by atoms with E-state index in [4.69, 9.17) is 5.73 Å². The van der Waals surface area contributed by atoms with Crippen LogP contribution in [0.4, 0.5) is 0 Å². The van der Waals surface area contributed by atoms with Crippen LogP contribution in [0.5, 0.6) is 0 Å². The molecule has 0 radical (unpaired) electrons. The van der Waals surface area contributed by atoms with E-state index < -0.39 is 0 Å². The van der Waals surface area contributed by atoms with Crippen molar-refractivity contribution >= 4 is 11.9 Å². The van der Waals surface area contributed by atoms with Gasteiger partial charge < -0.3 is 5.73 Å². The Bertz CT molecular complexity index is 227. The van der Waals surface area contributed by atoms with Crippen molar-refractivity contribution in [2.45, 2.75) is 38.1 Å². The monoisotopic (exact) mass is 241 g/mol. The number of nitrogens with zero attached hydrogens (tertiary/aromatic N) is 1. The first-order valence-corrected chi connectivity index (χ1v) is 6.67. The highest BCUT2D eigenvalue weighted by atomic mass is 32.2. The normalized spacial score (nSPS) is 9.44. The van der Waals surface area contributed by atoms with Gasteiger partial charge in [0, 0.05) is 12.7 Å². The van der Waals surface area contributed by atoms with Gasteiger partial charge in [-0.1, -0.05) is 32.8 Å². The molecule has 3 nitrogen and oxygen atoms in total. The molecule has 0 bridgehead atoms. The van der Waals surface area contributed by atoms with E-state index >= 15 is 0 Å². The van der Waals surface area contributed by atoms with Crippen LogP contribution in [-0.4, -0.2) is 18.1 Å². The summed E-state index contributed by atoms with van der Waals surface area (Å²) >= 11 is 1.54. The molecule has 0 saturated carbocycles. The van der Waals surface area contributed by atoms with E-state index in [1.165, 1.54) is 12.8 Å². The maximum absolute atomic E-state index is 5.34. The Morgan fingerprint density at radius 2 is 2.06 bits per heavy atom. The first-order valence-electron chi connectivity index (χ1n) is 5.85. The van der Waals surface area contributed by atoms with Gasteiger partial charge in [-0.3, -0.25) is 4.72 Å². The first-order chi connectivity index (χ1) is 7.85. The van der Waals surface area contributed by atoms with Gasteiger partial charge in [0.2, 0.25) is 0 Å². The van der Waals surface area contributed by atoms with Crippen molar-refractivity contribution in [1.82, 2.24) is 9.71 Å². The van der Waals surface area contributed by atoms with Crippen LogP contribution in [0.2, 0.25) is 0 Å². The number of rotatable bonds is 6. The van der Waals surface area contributed by atoms with E-state index in [0.29, 0.717) is 0 Å². The summed E-state index contributed by atoms with van der Waals surface area (Å²) in [6.45, 7) is 6.02. The van der Waals surface area contributed by atoms with Crippen molar-refractivity contribution in [3.63, 3.8) is 0 Å². The first kappa shape index (κ1) is 15.4. The molecule has 0 aliphatic rings. The minimum absolute atomic E-state index is 0.732. The van der Waals surface area contributed by atoms with Gasteiger partial charge in [-0.05, 0) is 37.0 Å². The van der Waals surface area contributed by atoms with E-state index in [0.717, 1.165) is 24.5 Å². The average Bonchev–Trinajstić information content (AvgIpc) is 2.36. The summed E-state index contributed by atoms with van der Waals surface area (Å²) in [7, 11) is 0. The molecule has 4 heteroatoms. The second-order valence-corrected chi connectivity index (χ2v) is 4.22. The number of nitrogens with one attached hydrogen (secondary N) is 1. The van der Waals surface area contributed by atoms with E-state index in [1.54, 1.807) is 18.1 Å². The molecular weight excluding hydrogens is 218 g/mol. The van der Waals surface area contributed by atoms with E-state index in [2.05, 4.69) is 23.6 Å². The number of aromatic nitrogens is 1. The maximum atomic E-state index is 5.34. The highest BCUT2D eigenvalue weighted by Gasteiger charge is 1.91. The van der Waals surface area contributed by atoms with Crippen molar-refractivity contribution in [2.24, 2.45) is 5.73 Å². The third kappa shape index (κ3) is 9.96. The second kappa shape index (κ2) is 12.5. The average molecular weight is 241 g/mol. The standard InChI is InChI=1S/C8H13N3S.C4H10/c9-5-3-7-11-12-8-4-1-2-6-10-8;1-3-4-2/h1-2,4,6,11H,3,5,7,9H2;3-4H2,1-2H3. The lowest BCUT2D eigenvalue weighted by Gasteiger charge is -2.00. The number of nitrogens with two attached hydrogens (primary N) is 1. The van der Waals surface area contributed by atoms with Gasteiger partial charge in [-0.15, -0.1) is 0 Å². The van der Waals surface area contributed by atoms with E-state index in [9.17, 15) is 0 Å². The maximum Gasteiger partial charge on any atom is 0.111 e. The lowest BCUT2D eigenvalue weighted by atomic mass is 10.4. The summed E-state index contributed by atoms with van der Waals surface area (Å²) < 4.78 is 3.18. The Hall–Kier alpha value is -0.580. The molecule has 0 spiro atoms. The summed E-state index contributed by atoms with van der Waals surface area (Å²) in [6, 6.07) is 5.85. The third-order valence-electron chi connectivity index (χ3n) is 1.80. The Balaban J connectivity index is 0.000000487. The van der Waals surface area contributed by atoms with Crippen molar-refractivity contribution in [3.8, 4) is 0 Å². The molecule has 0 atom stereocenters. The van der Waals surface area contributed by atoms with E-state index in [-0.39, 0.29) is 0 Å². The number of pyridine rings is 1. The van der Waals surface area contributed by atoms with Crippen LogP contribution in [0.25, 0.3) is 0 Å². The predicted octanol–water partition coefficient (Wildman–Crippen LogP) is 2.83. The van der Waals surface area contributed by atoms with Crippen molar-refractivity contribution in [3.05, 3.63) is 24.4 Å². The highest BCUT2D eigenvalue weighted by molar-refractivity contribution is 7.97. The minimum atomic E-state index is 0.732. The fraction of sp³-hybridized carbons (Fsp3) is 0.583. The van der Waals surface area contributed by atoms with Crippen molar-refractivity contribution in [1.29, 1.82) is 0 Å². The fourth-order valence-corrected chi connectivity index (χ4v) is 1.36. The third-order valence-corrected chi connectivity index (χ3v) is 2.60. The van der Waals surface area contributed by atoms with Crippen molar-refractivity contribution in [2.75, 3.05) is 13.1 Å². The van der Waals surface area contributed by atoms with Gasteiger partial charge in [-0.2, -0.15) is 0 Å². The number of hydrogen-bond acceptors (Lipinski definition) is 4. The Labute approximate surface area is 103 Å². The Morgan fingerprint density at radius 1 is 1.31 bits per heavy atom. The van der Waals surface area contributed by atoms with Crippen LogP contribution >= 0.6 is 11.9 Å². The molecule has 0 aliphatic carbocycles. The van der Waals surface area contributed by atoms with Gasteiger partial charge in [0.1, 0.15) is 5.03 Å². The topological polar surface area (TPSA) is 50.9 Å². The zero-order valence-electron chi connectivity index (χ0n) is 10.3. The smallest absolute Gasteiger partial charge is 0.111 e. The summed E-state index contributed by atoms with van der Waals surface area (Å²) in [6.07, 6.45) is 5.42. The molecule has 0 fully saturated rings. The van der Waals surface area contributed by atoms with Crippen LogP contribution in [0.15, 0.2) is 29.4 Å². The summed E-state index contributed by atoms with van der Waals surface area (Å²) in [5.41, 5.74) is 5.34. The second-order valence-electron chi connectivity index (χ2n) is 3.31. The molecule has 0 aromatic carbocycles. The molecule has 1 aromatic rings. The molecule has 16 heavy (non-hydrogen) atoms. The molecule has 0 amide bonds. The van der Waals surface area contributed by atoms with Gasteiger partial charge in [-0.25, -0.2) is 4.98 Å². The van der Waals surface area contributed by atoms with Gasteiger partial charge in [0.25, 0.3) is 0 Å². The fourth-order valence-electron chi connectivity index (χ4n) is 0.707. The number of unbranched alkanes of at least 4 members (excludes halogenated alkanes) is 1. The summed E-state index contributed by atoms with van der Waals surface area (Å²) in [5, 5.41) is 0.995. The summed E-state index contributed by atoms with van der Waals surface area (Å²) in [4.78, 5) is 4.15. The zero-order chi connectivity index (χ0) is 12.1. The lowest BCUT2D eigenvalue weighted by Crippen LogP contribution is -2.11. The van der Waals surface area contributed by atoms with Gasteiger partial charge >= 0.3 is 0 Å². The zero-order valence-corrected chi connectivity index (χ0v) is 11.1. The molecular formula is C12H23N3S. The van der Waals surface area contributed by atoms with E-state index in [1.807, 2.05) is 18.2 Å². The molecule has 3 N–H and O–H groups in total. The number of hydrogen-bond donors (Lipinski definition) is 2. The van der Waals surface area contributed by atoms with Crippen LogP contribution in [0.1, 0.15) is 33.1 Å². The van der Waals surface area contributed by atoms with Gasteiger partial charge in [0.15, 0.2) is 0 Å². The van der Waals surface area contributed by atoms with Gasteiger partial charge in [0.05, 0.1) is 0 Å². The summed E-state index contributed by atoms with van der Waals surface area (Å²) in [5.74, 6) is 0. The lowest BCUT2D eigenvalue weighted by molar-refractivity contribution is 0.807. The van der Waals surface area contributed by atoms with Crippen LogP contribution in [0.3, 0.4) is 0 Å². The van der Waals surface area contributed by atoms with Crippen molar-refractivity contribution < 1.29 is 0 Å². The quantitative estimate of drug-likeness (QED) is 0.594. The molecule has 0 unspecified atom stereocenters. The Kier molecular flexibility index (Phi) is 12.0. The molecule has 0 saturated heterocycles. The highest BCUT2D eigenvalue weighted by Crippen LogP contribution is 2.08. The van der Waals surface area contributed by atoms with Crippen LogP contribution < -0.4 is 10.5 Å².